The van der Waals surface area contributed by atoms with Crippen molar-refractivity contribution in [3.63, 3.8) is 0 Å². The molecule has 4 rings (SSSR count). The summed E-state index contributed by atoms with van der Waals surface area (Å²) in [5, 5.41) is 10.2. The van der Waals surface area contributed by atoms with Gasteiger partial charge in [-0.1, -0.05) is 48.5 Å². The van der Waals surface area contributed by atoms with Crippen LogP contribution in [0.15, 0.2) is 95.8 Å². The zero-order chi connectivity index (χ0) is 22.3. The van der Waals surface area contributed by atoms with Gasteiger partial charge in [-0.2, -0.15) is 5.10 Å². The van der Waals surface area contributed by atoms with E-state index in [0.717, 1.165) is 11.1 Å². The van der Waals surface area contributed by atoms with E-state index in [9.17, 15) is 14.0 Å². The van der Waals surface area contributed by atoms with Crippen LogP contribution in [-0.4, -0.2) is 15.7 Å². The van der Waals surface area contributed by atoms with Crippen molar-refractivity contribution in [3.8, 4) is 0 Å². The van der Waals surface area contributed by atoms with Crippen LogP contribution in [0.4, 0.5) is 21.6 Å². The number of rotatable bonds is 7. The summed E-state index contributed by atoms with van der Waals surface area (Å²) in [5.41, 5.74) is 2.64. The SMILES string of the molecule is O=C(Cc1ccccc1)Nc1cccc(Cn2nc(Nc3cccc(F)c3)ccc2=O)c1. The van der Waals surface area contributed by atoms with Gasteiger partial charge in [-0.3, -0.25) is 9.59 Å². The second kappa shape index (κ2) is 9.70. The lowest BCUT2D eigenvalue weighted by atomic mass is 10.1. The maximum absolute atomic E-state index is 13.4. The molecule has 0 fully saturated rings. The van der Waals surface area contributed by atoms with Crippen LogP contribution in [0.3, 0.4) is 0 Å². The Hall–Kier alpha value is -4.26. The Bertz CT molecular complexity index is 1290. The highest BCUT2D eigenvalue weighted by Gasteiger charge is 2.07. The van der Waals surface area contributed by atoms with Crippen molar-refractivity contribution < 1.29 is 9.18 Å². The van der Waals surface area contributed by atoms with Crippen LogP contribution in [0, 0.1) is 5.82 Å². The lowest BCUT2D eigenvalue weighted by Crippen LogP contribution is -2.23. The molecule has 0 saturated heterocycles. The standard InChI is InChI=1S/C25H21FN4O2/c26-20-9-5-11-22(16-20)27-23-12-13-25(32)30(29-23)17-19-8-4-10-21(14-19)28-24(31)15-18-6-2-1-3-7-18/h1-14,16H,15,17H2,(H,27,29)(H,28,31). The Labute approximate surface area is 184 Å². The molecular formula is C25H21FN4O2. The zero-order valence-corrected chi connectivity index (χ0v) is 17.2. The number of carbonyl (C=O) groups excluding carboxylic acids is 1. The van der Waals surface area contributed by atoms with Gasteiger partial charge >= 0.3 is 0 Å². The fourth-order valence-electron chi connectivity index (χ4n) is 3.25. The van der Waals surface area contributed by atoms with Crippen molar-refractivity contribution in [1.29, 1.82) is 0 Å². The highest BCUT2D eigenvalue weighted by atomic mass is 19.1. The molecule has 160 valence electrons. The number of aromatic nitrogens is 2. The minimum absolute atomic E-state index is 0.120. The van der Waals surface area contributed by atoms with Crippen molar-refractivity contribution in [1.82, 2.24) is 9.78 Å². The first-order valence-electron chi connectivity index (χ1n) is 10.1. The fraction of sp³-hybridized carbons (Fsp3) is 0.0800. The molecule has 0 bridgehead atoms. The van der Waals surface area contributed by atoms with Gasteiger partial charge in [-0.05, 0) is 47.5 Å². The van der Waals surface area contributed by atoms with Crippen LogP contribution in [0.25, 0.3) is 0 Å². The van der Waals surface area contributed by atoms with Crippen LogP contribution in [0.2, 0.25) is 0 Å². The molecule has 0 spiro atoms. The third-order valence-electron chi connectivity index (χ3n) is 4.71. The molecule has 7 heteroatoms. The smallest absolute Gasteiger partial charge is 0.267 e. The molecule has 4 aromatic rings. The number of nitrogens with zero attached hydrogens (tertiary/aromatic N) is 2. The molecule has 0 aliphatic carbocycles. The molecule has 0 saturated carbocycles. The highest BCUT2D eigenvalue weighted by molar-refractivity contribution is 5.92. The Morgan fingerprint density at radius 1 is 0.844 bits per heavy atom. The Balaban J connectivity index is 1.46. The first-order valence-corrected chi connectivity index (χ1v) is 10.1. The van der Waals surface area contributed by atoms with E-state index in [1.54, 1.807) is 24.3 Å². The lowest BCUT2D eigenvalue weighted by molar-refractivity contribution is -0.115. The summed E-state index contributed by atoms with van der Waals surface area (Å²) < 4.78 is 14.7. The van der Waals surface area contributed by atoms with Gasteiger partial charge in [0.1, 0.15) is 5.82 Å². The van der Waals surface area contributed by atoms with Crippen LogP contribution < -0.4 is 16.2 Å². The Morgan fingerprint density at radius 3 is 2.41 bits per heavy atom. The van der Waals surface area contributed by atoms with E-state index in [0.29, 0.717) is 17.2 Å². The van der Waals surface area contributed by atoms with Crippen molar-refractivity contribution >= 4 is 23.1 Å². The monoisotopic (exact) mass is 428 g/mol. The van der Waals surface area contributed by atoms with Crippen molar-refractivity contribution in [2.45, 2.75) is 13.0 Å². The van der Waals surface area contributed by atoms with E-state index in [-0.39, 0.29) is 30.2 Å². The fourth-order valence-corrected chi connectivity index (χ4v) is 3.25. The molecule has 2 N–H and O–H groups in total. The van der Waals surface area contributed by atoms with Crippen molar-refractivity contribution in [2.24, 2.45) is 0 Å². The van der Waals surface area contributed by atoms with Gasteiger partial charge in [0.15, 0.2) is 5.82 Å². The first-order chi connectivity index (χ1) is 15.5. The summed E-state index contributed by atoms with van der Waals surface area (Å²) in [6, 6.07) is 25.7. The highest BCUT2D eigenvalue weighted by Crippen LogP contribution is 2.15. The number of hydrogen-bond acceptors (Lipinski definition) is 4. The number of nitrogens with one attached hydrogen (secondary N) is 2. The van der Waals surface area contributed by atoms with Crippen LogP contribution in [-0.2, 0) is 17.8 Å². The summed E-state index contributed by atoms with van der Waals surface area (Å²) in [6.45, 7) is 0.222. The van der Waals surface area contributed by atoms with E-state index in [1.807, 2.05) is 48.5 Å². The topological polar surface area (TPSA) is 76.0 Å². The van der Waals surface area contributed by atoms with E-state index in [2.05, 4.69) is 15.7 Å². The van der Waals surface area contributed by atoms with Gasteiger partial charge < -0.3 is 10.6 Å². The lowest BCUT2D eigenvalue weighted by Gasteiger charge is -2.11. The summed E-state index contributed by atoms with van der Waals surface area (Å²) in [5.74, 6) is -0.0677. The number of anilines is 3. The first kappa shape index (κ1) is 21.0. The molecule has 6 nitrogen and oxygen atoms in total. The summed E-state index contributed by atoms with van der Waals surface area (Å²) >= 11 is 0. The van der Waals surface area contributed by atoms with Gasteiger partial charge in [0.05, 0.1) is 13.0 Å². The van der Waals surface area contributed by atoms with Gasteiger partial charge in [0.25, 0.3) is 5.56 Å². The third-order valence-corrected chi connectivity index (χ3v) is 4.71. The molecule has 1 aromatic heterocycles. The molecule has 1 amide bonds. The average molecular weight is 428 g/mol. The number of carbonyl (C=O) groups is 1. The number of amides is 1. The second-order valence-electron chi connectivity index (χ2n) is 7.26. The van der Waals surface area contributed by atoms with E-state index < -0.39 is 0 Å². The largest absolute Gasteiger partial charge is 0.339 e. The predicted octanol–water partition coefficient (Wildman–Crippen LogP) is 4.36. The summed E-state index contributed by atoms with van der Waals surface area (Å²) in [4.78, 5) is 24.6. The number of hydrogen-bond donors (Lipinski definition) is 2. The Morgan fingerprint density at radius 2 is 1.59 bits per heavy atom. The molecule has 32 heavy (non-hydrogen) atoms. The molecule has 3 aromatic carbocycles. The van der Waals surface area contributed by atoms with E-state index in [4.69, 9.17) is 0 Å². The molecule has 0 aliphatic heterocycles. The molecular weight excluding hydrogens is 407 g/mol. The quantitative estimate of drug-likeness (QED) is 0.459. The minimum atomic E-state index is -0.366. The predicted molar refractivity (Wildman–Crippen MR) is 122 cm³/mol. The van der Waals surface area contributed by atoms with E-state index >= 15 is 0 Å². The van der Waals surface area contributed by atoms with Gasteiger partial charge in [-0.25, -0.2) is 9.07 Å². The van der Waals surface area contributed by atoms with Crippen LogP contribution in [0.1, 0.15) is 11.1 Å². The maximum Gasteiger partial charge on any atom is 0.267 e. The van der Waals surface area contributed by atoms with E-state index in [1.165, 1.54) is 22.9 Å². The molecule has 1 heterocycles. The Kier molecular flexibility index (Phi) is 6.36. The number of benzene rings is 3. The molecule has 0 atom stereocenters. The zero-order valence-electron chi connectivity index (χ0n) is 17.2. The third kappa shape index (κ3) is 5.66. The molecule has 0 radical (unpaired) electrons. The molecule has 0 aliphatic rings. The normalized spacial score (nSPS) is 10.5. The van der Waals surface area contributed by atoms with Crippen LogP contribution >= 0.6 is 0 Å². The van der Waals surface area contributed by atoms with Crippen LogP contribution in [0.5, 0.6) is 0 Å². The summed E-state index contributed by atoms with van der Waals surface area (Å²) in [7, 11) is 0. The minimum Gasteiger partial charge on any atom is -0.339 e. The number of halogens is 1. The summed E-state index contributed by atoms with van der Waals surface area (Å²) in [6.07, 6.45) is 0.278. The van der Waals surface area contributed by atoms with Gasteiger partial charge in [0, 0.05) is 17.4 Å². The average Bonchev–Trinajstić information content (AvgIpc) is 2.77. The molecule has 0 unspecified atom stereocenters. The van der Waals surface area contributed by atoms with Gasteiger partial charge in [-0.15, -0.1) is 0 Å². The maximum atomic E-state index is 13.4. The second-order valence-corrected chi connectivity index (χ2v) is 7.26. The van der Waals surface area contributed by atoms with Gasteiger partial charge in [0.2, 0.25) is 5.91 Å². The van der Waals surface area contributed by atoms with Crippen molar-refractivity contribution in [2.75, 3.05) is 10.6 Å². The van der Waals surface area contributed by atoms with Crippen molar-refractivity contribution in [3.05, 3.63) is 118 Å².